The quantitative estimate of drug-likeness (QED) is 0.511. The Hall–Kier alpha value is -1.01. The fourth-order valence-corrected chi connectivity index (χ4v) is 0.291. The molecule has 0 aliphatic rings. The van der Waals surface area contributed by atoms with E-state index >= 15 is 0 Å². The van der Waals surface area contributed by atoms with Crippen molar-refractivity contribution in [3.63, 3.8) is 0 Å². The molecule has 0 amide bonds. The van der Waals surface area contributed by atoms with Crippen LogP contribution in [0.4, 0.5) is 0 Å². The number of methoxy groups -OCH3 is 1. The van der Waals surface area contributed by atoms with Gasteiger partial charge < -0.3 is 10.5 Å². The highest BCUT2D eigenvalue weighted by molar-refractivity contribution is 5.09. The number of allylic oxidation sites excluding steroid dienone is 1. The van der Waals surface area contributed by atoms with Crippen molar-refractivity contribution in [1.29, 1.82) is 5.26 Å². The van der Waals surface area contributed by atoms with E-state index in [-0.39, 0.29) is 0 Å². The van der Waals surface area contributed by atoms with Crippen molar-refractivity contribution < 1.29 is 4.74 Å². The van der Waals surface area contributed by atoms with E-state index in [0.29, 0.717) is 12.3 Å². The summed E-state index contributed by atoms with van der Waals surface area (Å²) in [4.78, 5) is 0. The summed E-state index contributed by atoms with van der Waals surface area (Å²) in [5.74, 6) is 0. The van der Waals surface area contributed by atoms with Crippen LogP contribution in [0.15, 0.2) is 11.8 Å². The second-order valence-corrected chi connectivity index (χ2v) is 1.28. The van der Waals surface area contributed by atoms with Gasteiger partial charge in [0.25, 0.3) is 0 Å². The topological polar surface area (TPSA) is 59.0 Å². The van der Waals surface area contributed by atoms with Crippen LogP contribution < -0.4 is 5.73 Å². The molecule has 0 saturated heterocycles. The van der Waals surface area contributed by atoms with E-state index in [0.717, 1.165) is 0 Å². The first kappa shape index (κ1) is 6.99. The molecule has 2 N–H and O–H groups in total. The van der Waals surface area contributed by atoms with Crippen molar-refractivity contribution >= 4 is 0 Å². The Bertz CT molecular complexity index is 123. The van der Waals surface area contributed by atoms with Crippen molar-refractivity contribution in [2.75, 3.05) is 13.7 Å². The van der Waals surface area contributed by atoms with Crippen molar-refractivity contribution in [3.8, 4) is 6.07 Å². The third kappa shape index (κ3) is 3.19. The lowest BCUT2D eigenvalue weighted by molar-refractivity contribution is 0.225. The Morgan fingerprint density at radius 3 is 3.00 bits per heavy atom. The second-order valence-electron chi connectivity index (χ2n) is 1.28. The molecule has 0 aliphatic carbocycles. The first-order chi connectivity index (χ1) is 3.81. The molecule has 8 heavy (non-hydrogen) atoms. The average molecular weight is 112 g/mol. The molecule has 0 aromatic rings. The molecular formula is C5H8N2O. The van der Waals surface area contributed by atoms with Gasteiger partial charge in [0.05, 0.1) is 12.7 Å². The van der Waals surface area contributed by atoms with Crippen molar-refractivity contribution in [2.45, 2.75) is 0 Å². The summed E-state index contributed by atoms with van der Waals surface area (Å²) in [6.07, 6.45) is 1.25. The summed E-state index contributed by atoms with van der Waals surface area (Å²) in [6, 6.07) is 1.79. The summed E-state index contributed by atoms with van der Waals surface area (Å²) in [5, 5.41) is 8.00. The fraction of sp³-hybridized carbons (Fsp3) is 0.400. The number of hydrogen-bond donors (Lipinski definition) is 1. The van der Waals surface area contributed by atoms with E-state index in [1.165, 1.54) is 13.2 Å². The van der Waals surface area contributed by atoms with Gasteiger partial charge in [-0.1, -0.05) is 0 Å². The van der Waals surface area contributed by atoms with Crippen LogP contribution in [0.25, 0.3) is 0 Å². The largest absolute Gasteiger partial charge is 0.400 e. The van der Waals surface area contributed by atoms with Crippen molar-refractivity contribution in [3.05, 3.63) is 11.8 Å². The van der Waals surface area contributed by atoms with E-state index in [9.17, 15) is 0 Å². The van der Waals surface area contributed by atoms with Crippen LogP contribution in [-0.4, -0.2) is 13.7 Å². The smallest absolute Gasteiger partial charge is 0.0931 e. The molecular weight excluding hydrogens is 104 g/mol. The van der Waals surface area contributed by atoms with E-state index in [1.807, 2.05) is 0 Å². The molecule has 0 fully saturated rings. The van der Waals surface area contributed by atoms with E-state index in [1.54, 1.807) is 6.07 Å². The Morgan fingerprint density at radius 1 is 2.00 bits per heavy atom. The number of hydrogen-bond acceptors (Lipinski definition) is 3. The maximum atomic E-state index is 8.00. The molecule has 3 heteroatoms. The van der Waals surface area contributed by atoms with Crippen LogP contribution in [0.5, 0.6) is 0 Å². The Kier molecular flexibility index (Phi) is 3.63. The Labute approximate surface area is 48.4 Å². The van der Waals surface area contributed by atoms with Gasteiger partial charge in [0.15, 0.2) is 0 Å². The highest BCUT2D eigenvalue weighted by atomic mass is 16.5. The number of nitrogens with two attached hydrogens (primary N) is 1. The summed E-state index contributed by atoms with van der Waals surface area (Å²) >= 11 is 0. The minimum Gasteiger partial charge on any atom is -0.400 e. The van der Waals surface area contributed by atoms with Gasteiger partial charge in [-0.05, 0) is 0 Å². The third-order valence-electron chi connectivity index (χ3n) is 0.561. The van der Waals surface area contributed by atoms with Gasteiger partial charge in [0.2, 0.25) is 0 Å². The van der Waals surface area contributed by atoms with Gasteiger partial charge in [-0.2, -0.15) is 5.26 Å². The molecule has 0 unspecified atom stereocenters. The van der Waals surface area contributed by atoms with Crippen molar-refractivity contribution in [1.82, 2.24) is 0 Å². The first-order valence-electron chi connectivity index (χ1n) is 2.14. The van der Waals surface area contributed by atoms with E-state index < -0.39 is 0 Å². The predicted molar refractivity (Wildman–Crippen MR) is 29.8 cm³/mol. The summed E-state index contributed by atoms with van der Waals surface area (Å²) in [7, 11) is 1.53. The first-order valence-corrected chi connectivity index (χ1v) is 2.14. The van der Waals surface area contributed by atoms with Gasteiger partial charge in [-0.15, -0.1) is 0 Å². The van der Waals surface area contributed by atoms with Crippen LogP contribution in [0.1, 0.15) is 0 Å². The fourth-order valence-electron chi connectivity index (χ4n) is 0.291. The average Bonchev–Trinajstić information content (AvgIpc) is 1.68. The molecule has 3 nitrogen and oxygen atoms in total. The number of nitrogens with zero attached hydrogens (tertiary/aromatic N) is 1. The summed E-state index contributed by atoms with van der Waals surface area (Å²) < 4.78 is 4.61. The molecule has 0 aliphatic heterocycles. The third-order valence-corrected chi connectivity index (χ3v) is 0.561. The molecule has 0 bridgehead atoms. The van der Waals surface area contributed by atoms with Gasteiger partial charge in [-0.25, -0.2) is 0 Å². The Morgan fingerprint density at radius 2 is 2.62 bits per heavy atom. The van der Waals surface area contributed by atoms with Crippen molar-refractivity contribution in [2.24, 2.45) is 5.73 Å². The number of nitriles is 1. The van der Waals surface area contributed by atoms with Crippen LogP contribution in [-0.2, 0) is 4.74 Å². The lowest BCUT2D eigenvalue weighted by atomic mass is 10.4. The summed E-state index contributed by atoms with van der Waals surface area (Å²) in [5.41, 5.74) is 5.66. The molecule has 0 rings (SSSR count). The molecule has 0 radical (unpaired) electrons. The van der Waals surface area contributed by atoms with E-state index in [2.05, 4.69) is 4.74 Å². The molecule has 44 valence electrons. The molecule has 0 heterocycles. The number of ether oxygens (including phenoxy) is 1. The molecule has 0 saturated carbocycles. The zero-order valence-corrected chi connectivity index (χ0v) is 4.72. The normalized spacial score (nSPS) is 10.8. The molecule has 0 spiro atoms. The maximum Gasteiger partial charge on any atom is 0.0931 e. The monoisotopic (exact) mass is 112 g/mol. The summed E-state index contributed by atoms with van der Waals surface area (Å²) in [6.45, 7) is 0.327. The minimum atomic E-state index is 0.327. The molecule has 0 aromatic carbocycles. The van der Waals surface area contributed by atoms with Crippen LogP contribution >= 0.6 is 0 Å². The zero-order valence-electron chi connectivity index (χ0n) is 4.72. The lowest BCUT2D eigenvalue weighted by Crippen LogP contribution is -2.03. The van der Waals surface area contributed by atoms with Gasteiger partial charge in [-0.3, -0.25) is 0 Å². The minimum absolute atomic E-state index is 0.327. The SMILES string of the molecule is COCC(N)=CC#N. The van der Waals surface area contributed by atoms with Crippen LogP contribution in [0.3, 0.4) is 0 Å². The number of rotatable bonds is 2. The maximum absolute atomic E-state index is 8.00. The van der Waals surface area contributed by atoms with Gasteiger partial charge in [0, 0.05) is 18.9 Å². The van der Waals surface area contributed by atoms with Gasteiger partial charge in [0.1, 0.15) is 0 Å². The Balaban J connectivity index is 3.49. The van der Waals surface area contributed by atoms with Crippen LogP contribution in [0.2, 0.25) is 0 Å². The van der Waals surface area contributed by atoms with Crippen LogP contribution in [0, 0.1) is 11.3 Å². The predicted octanol–water partition coefficient (Wildman–Crippen LogP) is -0.00102. The van der Waals surface area contributed by atoms with E-state index in [4.69, 9.17) is 11.0 Å². The molecule has 0 atom stereocenters. The standard InChI is InChI=1S/C5H8N2O/c1-8-4-5(7)2-3-6/h2H,4,7H2,1H3. The second kappa shape index (κ2) is 4.16. The molecule has 0 aromatic heterocycles. The highest BCUT2D eigenvalue weighted by Gasteiger charge is 1.82. The lowest BCUT2D eigenvalue weighted by Gasteiger charge is -1.92. The zero-order chi connectivity index (χ0) is 6.41. The highest BCUT2D eigenvalue weighted by Crippen LogP contribution is 1.80. The van der Waals surface area contributed by atoms with Gasteiger partial charge >= 0.3 is 0 Å².